The Balaban J connectivity index is 2.17. The van der Waals surface area contributed by atoms with Crippen molar-refractivity contribution in [2.45, 2.75) is 20.8 Å². The number of nitrogens with zero attached hydrogens (tertiary/aromatic N) is 2. The first kappa shape index (κ1) is 15.1. The normalized spacial score (nSPS) is 10.4. The van der Waals surface area contributed by atoms with Crippen LogP contribution < -0.4 is 4.90 Å². The first-order valence-electron chi connectivity index (χ1n) is 7.18. The fourth-order valence-corrected chi connectivity index (χ4v) is 2.14. The highest BCUT2D eigenvalue weighted by atomic mass is 16.6. The number of ether oxygens (including phenoxy) is 1. The summed E-state index contributed by atoms with van der Waals surface area (Å²) in [6.07, 6.45) is 0. The molecule has 1 aromatic carbocycles. The number of carbonyl (C=O) groups excluding carboxylic acids is 1. The van der Waals surface area contributed by atoms with Crippen molar-refractivity contribution in [2.75, 3.05) is 24.6 Å². The summed E-state index contributed by atoms with van der Waals surface area (Å²) in [5.74, 6) is -0.365. The molecule has 112 valence electrons. The summed E-state index contributed by atoms with van der Waals surface area (Å²) in [7, 11) is 0. The standard InChI is InChI=1S/C16H20N2O3/c1-4-18(5-2)13-9-7-12(8-10-13)14-11-15(21-17-14)16(19)20-6-3/h7-11H,4-6H2,1-3H3. The maximum absolute atomic E-state index is 11.5. The van der Waals surface area contributed by atoms with E-state index in [4.69, 9.17) is 9.26 Å². The third-order valence-electron chi connectivity index (χ3n) is 3.28. The van der Waals surface area contributed by atoms with Gasteiger partial charge in [-0.25, -0.2) is 4.79 Å². The fraction of sp³-hybridized carbons (Fsp3) is 0.375. The highest BCUT2D eigenvalue weighted by molar-refractivity contribution is 5.87. The zero-order chi connectivity index (χ0) is 15.2. The Morgan fingerprint density at radius 1 is 1.19 bits per heavy atom. The van der Waals surface area contributed by atoms with Crippen LogP contribution in [0.3, 0.4) is 0 Å². The number of carbonyl (C=O) groups is 1. The van der Waals surface area contributed by atoms with Gasteiger partial charge in [0.1, 0.15) is 5.69 Å². The average Bonchev–Trinajstić information content (AvgIpc) is 2.99. The highest BCUT2D eigenvalue weighted by Gasteiger charge is 2.15. The summed E-state index contributed by atoms with van der Waals surface area (Å²) in [6.45, 7) is 8.25. The Bertz CT molecular complexity index is 586. The van der Waals surface area contributed by atoms with Gasteiger partial charge in [-0.2, -0.15) is 0 Å². The summed E-state index contributed by atoms with van der Waals surface area (Å²) in [5, 5.41) is 3.92. The van der Waals surface area contributed by atoms with Gasteiger partial charge >= 0.3 is 5.97 Å². The third-order valence-corrected chi connectivity index (χ3v) is 3.28. The van der Waals surface area contributed by atoms with E-state index in [1.165, 1.54) is 0 Å². The quantitative estimate of drug-likeness (QED) is 0.763. The number of hydrogen-bond acceptors (Lipinski definition) is 5. The van der Waals surface area contributed by atoms with Crippen molar-refractivity contribution in [1.29, 1.82) is 0 Å². The summed E-state index contributed by atoms with van der Waals surface area (Å²) in [6, 6.07) is 9.63. The van der Waals surface area contributed by atoms with Crippen LogP contribution in [0.2, 0.25) is 0 Å². The maximum atomic E-state index is 11.5. The molecular weight excluding hydrogens is 268 g/mol. The van der Waals surface area contributed by atoms with Crippen molar-refractivity contribution in [3.05, 3.63) is 36.1 Å². The molecule has 5 heteroatoms. The summed E-state index contributed by atoms with van der Waals surface area (Å²) < 4.78 is 9.90. The zero-order valence-corrected chi connectivity index (χ0v) is 12.6. The van der Waals surface area contributed by atoms with Crippen molar-refractivity contribution in [3.8, 4) is 11.3 Å². The van der Waals surface area contributed by atoms with Crippen LogP contribution in [-0.2, 0) is 4.74 Å². The Labute approximate surface area is 124 Å². The van der Waals surface area contributed by atoms with Gasteiger partial charge in [-0.05, 0) is 32.9 Å². The van der Waals surface area contributed by atoms with Gasteiger partial charge in [0.15, 0.2) is 0 Å². The minimum Gasteiger partial charge on any atom is -0.460 e. The van der Waals surface area contributed by atoms with Crippen LogP contribution in [0.25, 0.3) is 11.3 Å². The molecule has 0 spiro atoms. The van der Waals surface area contributed by atoms with Crippen LogP contribution in [0.4, 0.5) is 5.69 Å². The molecule has 0 radical (unpaired) electrons. The van der Waals surface area contributed by atoms with E-state index in [1.807, 2.05) is 24.3 Å². The van der Waals surface area contributed by atoms with Gasteiger partial charge in [0.05, 0.1) is 6.61 Å². The number of aromatic nitrogens is 1. The first-order valence-corrected chi connectivity index (χ1v) is 7.18. The Morgan fingerprint density at radius 2 is 1.86 bits per heavy atom. The molecule has 0 fully saturated rings. The molecule has 0 aliphatic carbocycles. The molecule has 0 atom stereocenters. The third kappa shape index (κ3) is 3.42. The molecule has 2 rings (SSSR count). The topological polar surface area (TPSA) is 55.6 Å². The van der Waals surface area contributed by atoms with Gasteiger partial charge in [0.2, 0.25) is 5.76 Å². The fourth-order valence-electron chi connectivity index (χ4n) is 2.14. The van der Waals surface area contributed by atoms with Crippen molar-refractivity contribution in [3.63, 3.8) is 0 Å². The average molecular weight is 288 g/mol. The van der Waals surface area contributed by atoms with E-state index in [1.54, 1.807) is 13.0 Å². The van der Waals surface area contributed by atoms with Crippen molar-refractivity contribution < 1.29 is 14.1 Å². The van der Waals surface area contributed by atoms with E-state index in [-0.39, 0.29) is 5.76 Å². The van der Waals surface area contributed by atoms with Crippen LogP contribution in [0.15, 0.2) is 34.9 Å². The largest absolute Gasteiger partial charge is 0.460 e. The van der Waals surface area contributed by atoms with Gasteiger partial charge in [-0.1, -0.05) is 17.3 Å². The first-order chi connectivity index (χ1) is 10.2. The molecule has 0 N–H and O–H groups in total. The predicted molar refractivity (Wildman–Crippen MR) is 81.5 cm³/mol. The SMILES string of the molecule is CCOC(=O)c1cc(-c2ccc(N(CC)CC)cc2)no1. The number of anilines is 1. The molecule has 0 aliphatic rings. The van der Waals surface area contributed by atoms with E-state index in [0.29, 0.717) is 12.3 Å². The maximum Gasteiger partial charge on any atom is 0.377 e. The molecule has 5 nitrogen and oxygen atoms in total. The lowest BCUT2D eigenvalue weighted by atomic mass is 10.1. The predicted octanol–water partition coefficient (Wildman–Crippen LogP) is 3.36. The molecule has 0 bridgehead atoms. The lowest BCUT2D eigenvalue weighted by molar-refractivity contribution is 0.0480. The zero-order valence-electron chi connectivity index (χ0n) is 12.6. The molecule has 0 saturated carbocycles. The second kappa shape index (κ2) is 6.92. The summed E-state index contributed by atoms with van der Waals surface area (Å²) >= 11 is 0. The van der Waals surface area contributed by atoms with E-state index < -0.39 is 5.97 Å². The van der Waals surface area contributed by atoms with E-state index in [0.717, 1.165) is 24.3 Å². The van der Waals surface area contributed by atoms with Crippen molar-refractivity contribution >= 4 is 11.7 Å². The van der Waals surface area contributed by atoms with Crippen LogP contribution >= 0.6 is 0 Å². The minimum atomic E-state index is -0.490. The number of rotatable bonds is 6. The van der Waals surface area contributed by atoms with Gasteiger partial charge in [-0.3, -0.25) is 0 Å². The highest BCUT2D eigenvalue weighted by Crippen LogP contribution is 2.23. The molecule has 21 heavy (non-hydrogen) atoms. The molecular formula is C16H20N2O3. The molecule has 1 heterocycles. The Morgan fingerprint density at radius 3 is 2.43 bits per heavy atom. The van der Waals surface area contributed by atoms with Crippen LogP contribution in [0.5, 0.6) is 0 Å². The van der Waals surface area contributed by atoms with Gasteiger partial charge in [-0.15, -0.1) is 0 Å². The monoisotopic (exact) mass is 288 g/mol. The van der Waals surface area contributed by atoms with Gasteiger partial charge in [0, 0.05) is 30.4 Å². The second-order valence-corrected chi connectivity index (χ2v) is 4.52. The molecule has 0 unspecified atom stereocenters. The lowest BCUT2D eigenvalue weighted by Gasteiger charge is -2.20. The lowest BCUT2D eigenvalue weighted by Crippen LogP contribution is -2.21. The molecule has 0 saturated heterocycles. The number of benzene rings is 1. The molecule has 0 amide bonds. The minimum absolute atomic E-state index is 0.125. The van der Waals surface area contributed by atoms with Gasteiger partial charge in [0.25, 0.3) is 0 Å². The Kier molecular flexibility index (Phi) is 4.98. The number of esters is 1. The van der Waals surface area contributed by atoms with Gasteiger partial charge < -0.3 is 14.2 Å². The van der Waals surface area contributed by atoms with Crippen LogP contribution in [0, 0.1) is 0 Å². The van der Waals surface area contributed by atoms with E-state index >= 15 is 0 Å². The number of hydrogen-bond donors (Lipinski definition) is 0. The van der Waals surface area contributed by atoms with Crippen molar-refractivity contribution in [2.24, 2.45) is 0 Å². The molecule has 0 aliphatic heterocycles. The van der Waals surface area contributed by atoms with Crippen LogP contribution in [-0.4, -0.2) is 30.8 Å². The summed E-state index contributed by atoms with van der Waals surface area (Å²) in [4.78, 5) is 13.8. The van der Waals surface area contributed by atoms with Crippen LogP contribution in [0.1, 0.15) is 31.3 Å². The smallest absolute Gasteiger partial charge is 0.377 e. The van der Waals surface area contributed by atoms with E-state index in [2.05, 4.69) is 23.9 Å². The molecule has 2 aromatic rings. The second-order valence-electron chi connectivity index (χ2n) is 4.52. The van der Waals surface area contributed by atoms with Crippen molar-refractivity contribution in [1.82, 2.24) is 5.16 Å². The Hall–Kier alpha value is -2.30. The molecule has 1 aromatic heterocycles. The summed E-state index contributed by atoms with van der Waals surface area (Å²) in [5.41, 5.74) is 2.70. The van der Waals surface area contributed by atoms with E-state index in [9.17, 15) is 4.79 Å².